The smallest absolute Gasteiger partial charge is 0.156 e. The number of allylic oxidation sites excluding steroid dienone is 3. The molecule has 0 aromatic heterocycles. The van der Waals surface area contributed by atoms with Crippen LogP contribution in [0.15, 0.2) is 77.4 Å². The number of aliphatic imine (C=N–C) groups is 1. The van der Waals surface area contributed by atoms with Crippen LogP contribution in [0.5, 0.6) is 0 Å². The van der Waals surface area contributed by atoms with Gasteiger partial charge in [-0.15, -0.1) is 0 Å². The van der Waals surface area contributed by atoms with Gasteiger partial charge in [0.15, 0.2) is 5.78 Å². The molecular weight excluding hydrogens is 296 g/mol. The summed E-state index contributed by atoms with van der Waals surface area (Å²) < 4.78 is 0. The van der Waals surface area contributed by atoms with Gasteiger partial charge in [0.1, 0.15) is 0 Å². The molecule has 0 fully saturated rings. The SMILES string of the molecule is Cc1ccc(C=Nc2cccc(NC=C3C=CC(=O)CC3)c2)cc1. The number of rotatable bonds is 4. The van der Waals surface area contributed by atoms with E-state index in [9.17, 15) is 4.79 Å². The van der Waals surface area contributed by atoms with Crippen molar-refractivity contribution in [2.75, 3.05) is 5.32 Å². The van der Waals surface area contributed by atoms with Crippen LogP contribution < -0.4 is 5.32 Å². The average Bonchev–Trinajstić information content (AvgIpc) is 2.61. The molecular formula is C21H20N2O. The molecule has 0 radical (unpaired) electrons. The van der Waals surface area contributed by atoms with Crippen LogP contribution in [0.4, 0.5) is 11.4 Å². The van der Waals surface area contributed by atoms with E-state index in [2.05, 4.69) is 41.5 Å². The highest BCUT2D eigenvalue weighted by Gasteiger charge is 2.05. The number of benzene rings is 2. The highest BCUT2D eigenvalue weighted by Crippen LogP contribution is 2.20. The number of aryl methyl sites for hydroxylation is 1. The Balaban J connectivity index is 1.68. The summed E-state index contributed by atoms with van der Waals surface area (Å²) in [7, 11) is 0. The Bertz CT molecular complexity index is 814. The van der Waals surface area contributed by atoms with Crippen LogP contribution in [0.3, 0.4) is 0 Å². The number of anilines is 1. The summed E-state index contributed by atoms with van der Waals surface area (Å²) in [5.74, 6) is 0.194. The fraction of sp³-hybridized carbons (Fsp3) is 0.143. The van der Waals surface area contributed by atoms with Crippen LogP contribution in [0.25, 0.3) is 0 Å². The van der Waals surface area contributed by atoms with Gasteiger partial charge in [-0.2, -0.15) is 0 Å². The third kappa shape index (κ3) is 4.53. The molecule has 24 heavy (non-hydrogen) atoms. The average molecular weight is 316 g/mol. The highest BCUT2D eigenvalue weighted by atomic mass is 16.1. The van der Waals surface area contributed by atoms with Crippen molar-refractivity contribution in [2.24, 2.45) is 4.99 Å². The molecule has 0 aliphatic heterocycles. The lowest BCUT2D eigenvalue weighted by atomic mass is 10.0. The van der Waals surface area contributed by atoms with Gasteiger partial charge in [-0.25, -0.2) is 0 Å². The number of carbonyl (C=O) groups excluding carboxylic acids is 1. The van der Waals surface area contributed by atoms with Crippen LogP contribution in [-0.4, -0.2) is 12.0 Å². The molecule has 2 aromatic carbocycles. The van der Waals surface area contributed by atoms with Gasteiger partial charge in [0, 0.05) is 24.5 Å². The first-order valence-electron chi connectivity index (χ1n) is 8.06. The fourth-order valence-electron chi connectivity index (χ4n) is 2.41. The zero-order valence-electron chi connectivity index (χ0n) is 13.7. The first kappa shape index (κ1) is 15.9. The molecule has 0 saturated heterocycles. The van der Waals surface area contributed by atoms with Gasteiger partial charge in [-0.3, -0.25) is 9.79 Å². The van der Waals surface area contributed by atoms with Crippen LogP contribution in [0.1, 0.15) is 24.0 Å². The number of hydrogen-bond donors (Lipinski definition) is 1. The summed E-state index contributed by atoms with van der Waals surface area (Å²) >= 11 is 0. The molecule has 0 saturated carbocycles. The molecule has 3 heteroatoms. The minimum absolute atomic E-state index is 0.194. The Kier molecular flexibility index (Phi) is 5.02. The molecule has 3 nitrogen and oxygen atoms in total. The largest absolute Gasteiger partial charge is 0.361 e. The summed E-state index contributed by atoms with van der Waals surface area (Å²) in [4.78, 5) is 15.7. The molecule has 120 valence electrons. The molecule has 1 aliphatic rings. The Labute approximate surface area is 142 Å². The van der Waals surface area contributed by atoms with Crippen molar-refractivity contribution >= 4 is 23.4 Å². The highest BCUT2D eigenvalue weighted by molar-refractivity contribution is 5.91. The van der Waals surface area contributed by atoms with E-state index in [4.69, 9.17) is 0 Å². The molecule has 0 amide bonds. The van der Waals surface area contributed by atoms with E-state index in [1.807, 2.05) is 42.8 Å². The lowest BCUT2D eigenvalue weighted by Crippen LogP contribution is -2.01. The van der Waals surface area contributed by atoms with Gasteiger partial charge in [0.2, 0.25) is 0 Å². The number of carbonyl (C=O) groups is 1. The zero-order valence-corrected chi connectivity index (χ0v) is 13.7. The van der Waals surface area contributed by atoms with Crippen molar-refractivity contribution in [1.29, 1.82) is 0 Å². The van der Waals surface area contributed by atoms with Gasteiger partial charge in [0.05, 0.1) is 5.69 Å². The Hall–Kier alpha value is -2.94. The minimum atomic E-state index is 0.194. The molecule has 3 rings (SSSR count). The van der Waals surface area contributed by atoms with Gasteiger partial charge in [0.25, 0.3) is 0 Å². The maximum absolute atomic E-state index is 11.2. The predicted molar refractivity (Wildman–Crippen MR) is 100.0 cm³/mol. The molecule has 0 heterocycles. The maximum atomic E-state index is 11.2. The van der Waals surface area contributed by atoms with E-state index in [0.29, 0.717) is 6.42 Å². The normalized spacial score (nSPS) is 16.0. The van der Waals surface area contributed by atoms with Crippen molar-refractivity contribution in [1.82, 2.24) is 0 Å². The molecule has 0 spiro atoms. The van der Waals surface area contributed by atoms with Crippen molar-refractivity contribution in [2.45, 2.75) is 19.8 Å². The third-order valence-corrected chi connectivity index (χ3v) is 3.85. The number of nitrogens with zero attached hydrogens (tertiary/aromatic N) is 1. The minimum Gasteiger partial charge on any atom is -0.361 e. The number of hydrogen-bond acceptors (Lipinski definition) is 3. The monoisotopic (exact) mass is 316 g/mol. The van der Waals surface area contributed by atoms with E-state index >= 15 is 0 Å². The standard InChI is InChI=1S/C21H20N2O/c1-16-5-7-17(8-6-16)14-22-19-3-2-4-20(13-19)23-15-18-9-11-21(24)12-10-18/h2-9,11,13-15,23H,10,12H2,1H3. The lowest BCUT2D eigenvalue weighted by molar-refractivity contribution is -0.114. The van der Waals surface area contributed by atoms with E-state index in [0.717, 1.165) is 28.9 Å². The van der Waals surface area contributed by atoms with Gasteiger partial charge in [-0.1, -0.05) is 42.0 Å². The Morgan fingerprint density at radius 1 is 1.04 bits per heavy atom. The van der Waals surface area contributed by atoms with E-state index in [-0.39, 0.29) is 5.78 Å². The first-order valence-corrected chi connectivity index (χ1v) is 8.06. The number of ketones is 1. The quantitative estimate of drug-likeness (QED) is 0.810. The van der Waals surface area contributed by atoms with Crippen molar-refractivity contribution < 1.29 is 4.79 Å². The summed E-state index contributed by atoms with van der Waals surface area (Å²) in [6.45, 7) is 2.07. The first-order chi connectivity index (χ1) is 11.7. The van der Waals surface area contributed by atoms with Crippen molar-refractivity contribution in [3.63, 3.8) is 0 Å². The second kappa shape index (κ2) is 7.55. The second-order valence-corrected chi connectivity index (χ2v) is 5.88. The van der Waals surface area contributed by atoms with E-state index < -0.39 is 0 Å². The van der Waals surface area contributed by atoms with Crippen molar-refractivity contribution in [3.8, 4) is 0 Å². The summed E-state index contributed by atoms with van der Waals surface area (Å²) in [6.07, 6.45) is 8.70. The third-order valence-electron chi connectivity index (χ3n) is 3.85. The molecule has 1 aliphatic carbocycles. The van der Waals surface area contributed by atoms with Crippen LogP contribution >= 0.6 is 0 Å². The topological polar surface area (TPSA) is 41.5 Å². The van der Waals surface area contributed by atoms with Crippen LogP contribution in [0.2, 0.25) is 0 Å². The van der Waals surface area contributed by atoms with E-state index in [1.54, 1.807) is 6.08 Å². The Morgan fingerprint density at radius 2 is 1.88 bits per heavy atom. The summed E-state index contributed by atoms with van der Waals surface area (Å²) in [6, 6.07) is 16.2. The molecule has 2 aromatic rings. The number of nitrogens with one attached hydrogen (secondary N) is 1. The second-order valence-electron chi connectivity index (χ2n) is 5.88. The maximum Gasteiger partial charge on any atom is 0.156 e. The summed E-state index contributed by atoms with van der Waals surface area (Å²) in [5.41, 5.74) is 5.32. The fourth-order valence-corrected chi connectivity index (χ4v) is 2.41. The van der Waals surface area contributed by atoms with Gasteiger partial charge in [-0.05, 0) is 48.8 Å². The molecule has 0 unspecified atom stereocenters. The zero-order chi connectivity index (χ0) is 16.8. The molecule has 1 N–H and O–H groups in total. The predicted octanol–water partition coefficient (Wildman–Crippen LogP) is 4.96. The van der Waals surface area contributed by atoms with E-state index in [1.165, 1.54) is 5.56 Å². The van der Waals surface area contributed by atoms with Crippen molar-refractivity contribution in [3.05, 3.63) is 83.6 Å². The van der Waals surface area contributed by atoms with Gasteiger partial charge >= 0.3 is 0 Å². The van der Waals surface area contributed by atoms with Crippen LogP contribution in [-0.2, 0) is 4.79 Å². The van der Waals surface area contributed by atoms with Crippen LogP contribution in [0, 0.1) is 6.92 Å². The molecule has 0 bridgehead atoms. The van der Waals surface area contributed by atoms with Gasteiger partial charge < -0.3 is 5.32 Å². The molecule has 0 atom stereocenters. The lowest BCUT2D eigenvalue weighted by Gasteiger charge is -2.08. The Morgan fingerprint density at radius 3 is 2.62 bits per heavy atom. The summed E-state index contributed by atoms with van der Waals surface area (Å²) in [5, 5.41) is 3.28.